The summed E-state index contributed by atoms with van der Waals surface area (Å²) in [5.41, 5.74) is 5.49. The van der Waals surface area contributed by atoms with E-state index in [1.54, 1.807) is 14.0 Å². The van der Waals surface area contributed by atoms with Crippen molar-refractivity contribution in [3.05, 3.63) is 6.33 Å². The van der Waals surface area contributed by atoms with Gasteiger partial charge >= 0.3 is 0 Å². The van der Waals surface area contributed by atoms with Gasteiger partial charge in [0.25, 0.3) is 10.0 Å². The molecule has 0 saturated heterocycles. The van der Waals surface area contributed by atoms with Crippen LogP contribution in [0.15, 0.2) is 11.4 Å². The second kappa shape index (κ2) is 4.81. The largest absolute Gasteiger partial charge is 0.383 e. The Balaban J connectivity index is 2.95. The molecular formula is C8H16N4O3S. The number of imidazole rings is 1. The van der Waals surface area contributed by atoms with E-state index in [-0.39, 0.29) is 23.5 Å². The minimum Gasteiger partial charge on any atom is -0.383 e. The standard InChI is InChI=1S/C8H16N4O3S/c1-6(4-15-3)11-16(13,14)8-7(9)10-5-12(8)2/h5-6,11H,4,9H2,1-3H3. The Labute approximate surface area is 94.7 Å². The fourth-order valence-electron chi connectivity index (χ4n) is 1.37. The number of hydrogen-bond acceptors (Lipinski definition) is 5. The van der Waals surface area contributed by atoms with Gasteiger partial charge in [-0.2, -0.15) is 0 Å². The first-order valence-corrected chi connectivity index (χ1v) is 6.15. The molecule has 0 bridgehead atoms. The van der Waals surface area contributed by atoms with Crippen molar-refractivity contribution in [2.75, 3.05) is 19.5 Å². The normalized spacial score (nSPS) is 13.9. The van der Waals surface area contributed by atoms with Gasteiger partial charge in [0.1, 0.15) is 0 Å². The number of nitrogens with two attached hydrogens (primary N) is 1. The third-order valence-corrected chi connectivity index (χ3v) is 3.66. The molecule has 1 rings (SSSR count). The van der Waals surface area contributed by atoms with E-state index in [4.69, 9.17) is 10.5 Å². The zero-order chi connectivity index (χ0) is 12.3. The summed E-state index contributed by atoms with van der Waals surface area (Å²) in [5.74, 6) is -0.0142. The Morgan fingerprint density at radius 1 is 1.69 bits per heavy atom. The molecule has 1 atom stereocenters. The summed E-state index contributed by atoms with van der Waals surface area (Å²) in [6.45, 7) is 1.99. The maximum absolute atomic E-state index is 11.9. The lowest BCUT2D eigenvalue weighted by Crippen LogP contribution is -2.36. The first-order valence-electron chi connectivity index (χ1n) is 4.66. The van der Waals surface area contributed by atoms with E-state index in [1.165, 1.54) is 18.0 Å². The molecule has 3 N–H and O–H groups in total. The molecular weight excluding hydrogens is 232 g/mol. The molecule has 0 aliphatic carbocycles. The van der Waals surface area contributed by atoms with Crippen LogP contribution in [-0.4, -0.2) is 37.7 Å². The molecule has 0 spiro atoms. The first-order chi connectivity index (χ1) is 7.38. The van der Waals surface area contributed by atoms with E-state index in [1.807, 2.05) is 0 Å². The lowest BCUT2D eigenvalue weighted by Gasteiger charge is -2.13. The highest BCUT2D eigenvalue weighted by Gasteiger charge is 2.24. The SMILES string of the molecule is COCC(C)NS(=O)(=O)c1c(N)ncn1C. The van der Waals surface area contributed by atoms with Gasteiger partial charge in [-0.05, 0) is 6.92 Å². The molecule has 0 aromatic carbocycles. The van der Waals surface area contributed by atoms with Gasteiger partial charge in [-0.3, -0.25) is 0 Å². The van der Waals surface area contributed by atoms with Crippen LogP contribution in [0.4, 0.5) is 5.82 Å². The van der Waals surface area contributed by atoms with Gasteiger partial charge in [-0.1, -0.05) is 0 Å². The molecule has 0 amide bonds. The number of methoxy groups -OCH3 is 1. The molecule has 1 aromatic rings. The molecule has 92 valence electrons. The van der Waals surface area contributed by atoms with Crippen LogP contribution in [0.3, 0.4) is 0 Å². The summed E-state index contributed by atoms with van der Waals surface area (Å²) >= 11 is 0. The van der Waals surface area contributed by atoms with Crippen LogP contribution in [0.1, 0.15) is 6.92 Å². The van der Waals surface area contributed by atoms with E-state index < -0.39 is 10.0 Å². The van der Waals surface area contributed by atoms with Gasteiger partial charge in [0.2, 0.25) is 0 Å². The third-order valence-electron chi connectivity index (χ3n) is 1.94. The summed E-state index contributed by atoms with van der Waals surface area (Å²) < 4.78 is 32.5. The van der Waals surface area contributed by atoms with Gasteiger partial charge in [-0.25, -0.2) is 18.1 Å². The Morgan fingerprint density at radius 2 is 2.31 bits per heavy atom. The molecule has 8 heteroatoms. The van der Waals surface area contributed by atoms with Gasteiger partial charge in [-0.15, -0.1) is 0 Å². The highest BCUT2D eigenvalue weighted by Crippen LogP contribution is 2.15. The van der Waals surface area contributed by atoms with Crippen LogP contribution < -0.4 is 10.5 Å². The van der Waals surface area contributed by atoms with E-state index in [0.717, 1.165) is 0 Å². The average Bonchev–Trinajstić information content (AvgIpc) is 2.45. The van der Waals surface area contributed by atoms with Crippen molar-refractivity contribution in [2.24, 2.45) is 7.05 Å². The van der Waals surface area contributed by atoms with Crippen molar-refractivity contribution in [3.63, 3.8) is 0 Å². The molecule has 0 aliphatic rings. The number of nitrogens with zero attached hydrogens (tertiary/aromatic N) is 2. The van der Waals surface area contributed by atoms with Gasteiger partial charge in [0, 0.05) is 20.2 Å². The highest BCUT2D eigenvalue weighted by atomic mass is 32.2. The highest BCUT2D eigenvalue weighted by molar-refractivity contribution is 7.89. The number of nitrogen functional groups attached to an aromatic ring is 1. The summed E-state index contributed by atoms with van der Waals surface area (Å²) in [5, 5.41) is -0.0320. The van der Waals surface area contributed by atoms with Crippen molar-refractivity contribution in [2.45, 2.75) is 18.0 Å². The number of aryl methyl sites for hydroxylation is 1. The lowest BCUT2D eigenvalue weighted by molar-refractivity contribution is 0.180. The van der Waals surface area contributed by atoms with Gasteiger partial charge in [0.15, 0.2) is 10.8 Å². The zero-order valence-corrected chi connectivity index (χ0v) is 10.3. The van der Waals surface area contributed by atoms with Crippen LogP contribution in [0.25, 0.3) is 0 Å². The topological polar surface area (TPSA) is 99.2 Å². The van der Waals surface area contributed by atoms with Crippen molar-refractivity contribution >= 4 is 15.8 Å². The molecule has 0 fully saturated rings. The third kappa shape index (κ3) is 2.71. The van der Waals surface area contributed by atoms with Crippen LogP contribution in [0.2, 0.25) is 0 Å². The second-order valence-corrected chi connectivity index (χ2v) is 5.15. The molecule has 0 radical (unpaired) electrons. The predicted octanol–water partition coefficient (Wildman–Crippen LogP) is -0.684. The van der Waals surface area contributed by atoms with Crippen LogP contribution in [0, 0.1) is 0 Å². The minimum absolute atomic E-state index is 0.0142. The monoisotopic (exact) mass is 248 g/mol. The number of sulfonamides is 1. The number of anilines is 1. The van der Waals surface area contributed by atoms with E-state index >= 15 is 0 Å². The maximum atomic E-state index is 11.9. The van der Waals surface area contributed by atoms with Crippen molar-refractivity contribution < 1.29 is 13.2 Å². The maximum Gasteiger partial charge on any atom is 0.260 e. The molecule has 1 unspecified atom stereocenters. The van der Waals surface area contributed by atoms with Crippen molar-refractivity contribution in [1.82, 2.24) is 14.3 Å². The molecule has 0 saturated carbocycles. The summed E-state index contributed by atoms with van der Waals surface area (Å²) in [6.07, 6.45) is 1.35. The average molecular weight is 248 g/mol. The number of ether oxygens (including phenoxy) is 1. The number of nitrogens with one attached hydrogen (secondary N) is 1. The Kier molecular flexibility index (Phi) is 3.89. The zero-order valence-electron chi connectivity index (χ0n) is 9.47. The number of hydrogen-bond donors (Lipinski definition) is 2. The fraction of sp³-hybridized carbons (Fsp3) is 0.625. The summed E-state index contributed by atoms with van der Waals surface area (Å²) in [4.78, 5) is 3.73. The van der Waals surface area contributed by atoms with Gasteiger partial charge < -0.3 is 15.0 Å². The first kappa shape index (κ1) is 12.9. The van der Waals surface area contributed by atoms with Crippen molar-refractivity contribution in [3.8, 4) is 0 Å². The molecule has 1 aromatic heterocycles. The Hall–Kier alpha value is -1.12. The van der Waals surface area contributed by atoms with Crippen LogP contribution >= 0.6 is 0 Å². The van der Waals surface area contributed by atoms with Crippen LogP contribution in [-0.2, 0) is 21.8 Å². The minimum atomic E-state index is -3.65. The van der Waals surface area contributed by atoms with Gasteiger partial charge in [0.05, 0.1) is 12.9 Å². The number of aromatic nitrogens is 2. The molecule has 16 heavy (non-hydrogen) atoms. The van der Waals surface area contributed by atoms with E-state index in [9.17, 15) is 8.42 Å². The predicted molar refractivity (Wildman–Crippen MR) is 59.3 cm³/mol. The number of rotatable bonds is 5. The molecule has 0 aliphatic heterocycles. The molecule has 1 heterocycles. The summed E-state index contributed by atoms with van der Waals surface area (Å²) in [7, 11) is -0.583. The smallest absolute Gasteiger partial charge is 0.260 e. The second-order valence-electron chi connectivity index (χ2n) is 3.52. The van der Waals surface area contributed by atoms with Crippen LogP contribution in [0.5, 0.6) is 0 Å². The quantitative estimate of drug-likeness (QED) is 0.719. The van der Waals surface area contributed by atoms with E-state index in [2.05, 4.69) is 9.71 Å². The fourth-order valence-corrected chi connectivity index (χ4v) is 2.83. The Morgan fingerprint density at radius 3 is 2.75 bits per heavy atom. The lowest BCUT2D eigenvalue weighted by atomic mass is 10.4. The molecule has 7 nitrogen and oxygen atoms in total. The summed E-state index contributed by atoms with van der Waals surface area (Å²) in [6, 6.07) is -0.329. The van der Waals surface area contributed by atoms with Crippen molar-refractivity contribution in [1.29, 1.82) is 0 Å². The van der Waals surface area contributed by atoms with E-state index in [0.29, 0.717) is 0 Å². The Bertz CT molecular complexity index is 434.